The number of imidazole rings is 4. The van der Waals surface area contributed by atoms with Crippen LogP contribution in [0.4, 0.5) is 23.3 Å². The number of Topliss-reactive ketones (excluding diaryl/α,β-unsaturated/α-hetero) is 2. The van der Waals surface area contributed by atoms with E-state index in [-0.39, 0.29) is 35.2 Å². The molecule has 4 amide bonds. The maximum Gasteiger partial charge on any atom is 0.222 e. The number of pyridine rings is 5. The molecule has 8 N–H and O–H groups in total. The van der Waals surface area contributed by atoms with Crippen LogP contribution in [-0.2, 0) is 37.4 Å². The number of nitrogens with one attached hydrogen (secondary N) is 8. The van der Waals surface area contributed by atoms with Gasteiger partial charge in [0.15, 0.2) is 5.78 Å². The van der Waals surface area contributed by atoms with Gasteiger partial charge in [-0.1, -0.05) is 109 Å². The highest BCUT2D eigenvalue weighted by Gasteiger charge is 2.28. The number of carbonyl (C=O) groups excluding carboxylic acids is 6. The molecule has 15 aromatic heterocycles. The van der Waals surface area contributed by atoms with Crippen LogP contribution >= 0.6 is 103 Å². The summed E-state index contributed by atoms with van der Waals surface area (Å²) < 4.78 is 1.77. The Morgan fingerprint density at radius 3 is 1.19 bits per heavy atom. The third kappa shape index (κ3) is 25.4. The summed E-state index contributed by atoms with van der Waals surface area (Å²) in [5.74, 6) is 4.78. The predicted molar refractivity (Wildman–Crippen MR) is 555 cm³/mol. The van der Waals surface area contributed by atoms with Crippen molar-refractivity contribution in [2.75, 3.05) is 21.3 Å². The van der Waals surface area contributed by atoms with Crippen molar-refractivity contribution in [1.29, 1.82) is 0 Å². The molecule has 0 aliphatic heterocycles. The van der Waals surface area contributed by atoms with Crippen LogP contribution in [0.2, 0.25) is 20.1 Å². The molecule has 19 rings (SSSR count). The molecule has 0 saturated carbocycles. The molecule has 15 heterocycles. The largest absolute Gasteiger partial charge is 0.344 e. The van der Waals surface area contributed by atoms with E-state index in [1.165, 1.54) is 84.4 Å². The van der Waals surface area contributed by atoms with E-state index in [9.17, 15) is 28.8 Å². The Morgan fingerprint density at radius 1 is 0.381 bits per heavy atom. The number of benzene rings is 4. The molecule has 0 saturated heterocycles. The van der Waals surface area contributed by atoms with Crippen LogP contribution in [0.3, 0.4) is 0 Å². The summed E-state index contributed by atoms with van der Waals surface area (Å²) in [6.07, 6.45) is 25.8. The Morgan fingerprint density at radius 2 is 0.791 bits per heavy atom. The van der Waals surface area contributed by atoms with Crippen molar-refractivity contribution in [3.05, 3.63) is 280 Å². The fraction of sp³-hybridized carbons (Fsp3) is 0.150. The zero-order chi connectivity index (χ0) is 98.1. The topological polar surface area (TPSA) is 412 Å². The summed E-state index contributed by atoms with van der Waals surface area (Å²) in [5, 5.41) is 21.7. The molecular weight excluding hydrogens is 1940 g/mol. The number of aromatic nitrogens is 20. The average molecular weight is 2020 g/mol. The molecule has 0 spiro atoms. The molecule has 0 unspecified atom stereocenters. The first kappa shape index (κ1) is 98.7. The second-order valence-corrected chi connectivity index (χ2v) is 38.3. The second-order valence-electron chi connectivity index (χ2n) is 31.7. The van der Waals surface area contributed by atoms with E-state index < -0.39 is 0 Å². The minimum Gasteiger partial charge on any atom is -0.344 e. The van der Waals surface area contributed by atoms with Crippen LogP contribution < -0.4 is 21.3 Å². The van der Waals surface area contributed by atoms with Crippen molar-refractivity contribution in [1.82, 2.24) is 99.5 Å². The SMILES string of the molecule is CC(=O)Cc1cc(-c2nc(-c3ccc(C)cc3Cl)c(-c3ncc[nH]3)s2)ccn1.CC(=O)Nc1cc(-c2nc(-c3ccc(Cl)c(C)c3)c(-c3ncc[nH]3)s2)ccn1.CC(=O)Nc1cc(-c2nc(-c3cccc(Cl)c3)c(-c3ncc[nH]3)s2)ccn1.CC(=O)Nc1cc(-c2nc(-c3ccccc3Cl)c(C(=O)CCC(C)C)s2)ccn1.CC(=O)Nc1cc(-c2nc(-c3cn(C)nc3C)c(-c3ncc[nH]3)s2)ccn1. The van der Waals surface area contributed by atoms with Gasteiger partial charge in [-0.15, -0.1) is 56.7 Å². The van der Waals surface area contributed by atoms with Crippen LogP contribution in [-0.4, -0.2) is 135 Å². The molecule has 0 bridgehead atoms. The zero-order valence-corrected chi connectivity index (χ0v) is 83.4. The fourth-order valence-corrected chi connectivity index (χ4v) is 20.1. The predicted octanol–water partition coefficient (Wildman–Crippen LogP) is 24.8. The summed E-state index contributed by atoms with van der Waals surface area (Å²) in [7, 11) is 1.89. The first-order valence-electron chi connectivity index (χ1n) is 43.0. The number of hydrogen-bond acceptors (Lipinski definition) is 26. The van der Waals surface area contributed by atoms with Gasteiger partial charge in [0.25, 0.3) is 0 Å². The molecule has 4 aromatic carbocycles. The van der Waals surface area contributed by atoms with Gasteiger partial charge in [-0.05, 0) is 148 Å². The molecule has 0 radical (unpaired) electrons. The lowest BCUT2D eigenvalue weighted by molar-refractivity contribution is -0.117. The summed E-state index contributed by atoms with van der Waals surface area (Å²) in [5.41, 5.74) is 16.3. The highest BCUT2D eigenvalue weighted by Crippen LogP contribution is 2.47. The zero-order valence-electron chi connectivity index (χ0n) is 76.3. The number of anilines is 4. The van der Waals surface area contributed by atoms with Gasteiger partial charge in [-0.2, -0.15) is 5.10 Å². The monoisotopic (exact) mass is 2020 g/mol. The fourth-order valence-electron chi connectivity index (χ4n) is 14.0. The third-order valence-corrected chi connectivity index (χ3v) is 27.1. The second kappa shape index (κ2) is 45.5. The Hall–Kier alpha value is -14.8. The minimum absolute atomic E-state index is 0.0634. The number of halogens is 4. The molecule has 0 fully saturated rings. The van der Waals surface area contributed by atoms with Crippen LogP contribution in [0.1, 0.15) is 93.5 Å². The highest BCUT2D eigenvalue weighted by molar-refractivity contribution is 7.20. The molecule has 700 valence electrons. The van der Waals surface area contributed by atoms with E-state index in [0.717, 1.165) is 170 Å². The molecule has 0 aliphatic carbocycles. The lowest BCUT2D eigenvalue weighted by Gasteiger charge is -2.05. The number of aromatic amines is 4. The van der Waals surface area contributed by atoms with Gasteiger partial charge in [0, 0.05) is 206 Å². The maximum atomic E-state index is 13.0. The van der Waals surface area contributed by atoms with E-state index in [4.69, 9.17) is 71.3 Å². The molecule has 30 nitrogen and oxygen atoms in total. The van der Waals surface area contributed by atoms with E-state index in [1.54, 1.807) is 110 Å². The maximum absolute atomic E-state index is 13.0. The van der Waals surface area contributed by atoms with Gasteiger partial charge in [0.2, 0.25) is 23.6 Å². The Bertz CT molecular complexity index is 7640. The number of nitrogens with zero attached hydrogens (tertiary/aromatic N) is 16. The molecule has 0 atom stereocenters. The highest BCUT2D eigenvalue weighted by atomic mass is 35.5. The molecule has 19 aromatic rings. The van der Waals surface area contributed by atoms with Gasteiger partial charge >= 0.3 is 0 Å². The van der Waals surface area contributed by atoms with Crippen molar-refractivity contribution >= 4 is 162 Å². The van der Waals surface area contributed by atoms with Crippen molar-refractivity contribution < 1.29 is 28.8 Å². The minimum atomic E-state index is -0.199. The average Bonchev–Trinajstić information content (AvgIpc) is 1.59. The molecule has 139 heavy (non-hydrogen) atoms. The van der Waals surface area contributed by atoms with Crippen molar-refractivity contribution in [2.45, 2.75) is 88.5 Å². The van der Waals surface area contributed by atoms with Gasteiger partial charge in [-0.25, -0.2) is 64.8 Å². The van der Waals surface area contributed by atoms with Crippen molar-refractivity contribution in [2.24, 2.45) is 13.0 Å². The number of rotatable bonds is 24. The van der Waals surface area contributed by atoms with Crippen LogP contribution in [0, 0.1) is 26.7 Å². The van der Waals surface area contributed by atoms with E-state index in [0.29, 0.717) is 77.7 Å². The lowest BCUT2D eigenvalue weighted by atomic mass is 10.0. The van der Waals surface area contributed by atoms with Crippen molar-refractivity contribution in [3.63, 3.8) is 0 Å². The quantitative estimate of drug-likeness (QED) is 0.0260. The van der Waals surface area contributed by atoms with E-state index >= 15 is 0 Å². The lowest BCUT2D eigenvalue weighted by Crippen LogP contribution is -2.07. The van der Waals surface area contributed by atoms with E-state index in [1.807, 2.05) is 161 Å². The van der Waals surface area contributed by atoms with Crippen LogP contribution in [0.15, 0.2) is 232 Å². The summed E-state index contributed by atoms with van der Waals surface area (Å²) in [6, 6.07) is 45.1. The standard InChI is InChI=1S/C22H22ClN3O2S.C21H17ClN4OS.C20H16ClN5OS.C19H14ClN5OS.C18H17N7OS/c1-13(2)8-9-18(28)21-20(16-6-4-5-7-17(16)23)26-22(29-21)15-10-11-24-19(12-15)25-14(3)27;1-12-3-4-16(17(22)9-12)18-19(20-24-7-8-25-20)28-21(26-18)14-5-6-23-15(11-14)10-13(2)27;1-11-9-13(3-4-15(11)21)17-18(19-23-7-8-24-19)28-20(26-17)14-5-6-22-16(10-14)25-12(2)27;1-11(26)24-15-10-13(5-6-21-15)19-25-16(12-3-2-4-14(20)9-12)17(27-19)18-22-7-8-23-18;1-10-13(9-25(3)24-10)15-16(17-20-6-7-21-17)27-18(23-15)12-4-5-19-14(8-12)22-11(2)26/h4-7,10-13H,8-9H2,1-3H3,(H,24,25,27);3-9,11H,10H2,1-2H3,(H,24,25);3-10H,1-2H3,(H,23,24)(H,22,25,27);2-10H,1H3,(H,22,23)(H,21,24,26);4-9H,1-3H3,(H,20,21)(H,19,22,26). The molecular formula is C100H86Cl4N24O6S5. The first-order valence-corrected chi connectivity index (χ1v) is 48.6. The first-order chi connectivity index (χ1) is 67.0. The van der Waals surface area contributed by atoms with Gasteiger partial charge < -0.3 is 41.2 Å². The molecule has 39 heteroatoms. The van der Waals surface area contributed by atoms with Crippen molar-refractivity contribution in [3.8, 4) is 152 Å². The van der Waals surface area contributed by atoms with E-state index in [2.05, 4.69) is 105 Å². The molecule has 0 aliphatic rings. The van der Waals surface area contributed by atoms with Crippen LogP contribution in [0.25, 0.3) is 152 Å². The third-order valence-electron chi connectivity index (χ3n) is 20.2. The summed E-state index contributed by atoms with van der Waals surface area (Å²) in [4.78, 5) is 149. The normalized spacial score (nSPS) is 10.9. The Kier molecular flexibility index (Phi) is 32.3. The Balaban J connectivity index is 0.000000132. The summed E-state index contributed by atoms with van der Waals surface area (Å²) >= 11 is 32.7. The smallest absolute Gasteiger partial charge is 0.222 e. The van der Waals surface area contributed by atoms with Crippen LogP contribution in [0.5, 0.6) is 0 Å². The van der Waals surface area contributed by atoms with Gasteiger partial charge in [0.1, 0.15) is 77.4 Å². The number of aryl methyl sites for hydroxylation is 4. The summed E-state index contributed by atoms with van der Waals surface area (Å²) in [6.45, 7) is 17.5. The number of amides is 4. The number of H-pyrrole nitrogens is 4. The number of hydrogen-bond donors (Lipinski definition) is 8. The number of carbonyl (C=O) groups is 6. The number of ketones is 2. The van der Waals surface area contributed by atoms with Gasteiger partial charge in [0.05, 0.1) is 68.6 Å². The Labute approximate surface area is 837 Å². The van der Waals surface area contributed by atoms with Gasteiger partial charge in [-0.3, -0.25) is 38.4 Å². The number of thiazole rings is 5.